The molecule has 1 unspecified atom stereocenters. The Kier molecular flexibility index (Phi) is 4.98. The number of aromatic nitrogens is 5. The Bertz CT molecular complexity index is 1010. The molecule has 10 nitrogen and oxygen atoms in total. The van der Waals surface area contributed by atoms with Crippen LogP contribution in [0, 0.1) is 0 Å². The highest BCUT2D eigenvalue weighted by Crippen LogP contribution is 2.26. The maximum absolute atomic E-state index is 12.5. The molecule has 2 aliphatic rings. The lowest BCUT2D eigenvalue weighted by Gasteiger charge is -2.15. The lowest BCUT2D eigenvalue weighted by atomic mass is 10.1. The summed E-state index contributed by atoms with van der Waals surface area (Å²) in [5.41, 5.74) is 5.07. The van der Waals surface area contributed by atoms with E-state index in [4.69, 9.17) is 4.74 Å². The molecule has 0 saturated carbocycles. The van der Waals surface area contributed by atoms with Crippen molar-refractivity contribution >= 4 is 17.5 Å². The second-order valence-corrected chi connectivity index (χ2v) is 7.38. The predicted octanol–water partition coefficient (Wildman–Crippen LogP) is 1.10. The number of hydrogen-bond acceptors (Lipinski definition) is 8. The van der Waals surface area contributed by atoms with Crippen LogP contribution in [0.15, 0.2) is 36.7 Å². The Morgan fingerprint density at radius 2 is 2.17 bits per heavy atom. The normalized spacial score (nSPS) is 16.8. The Balaban J connectivity index is 1.12. The fourth-order valence-corrected chi connectivity index (χ4v) is 3.71. The molecular formula is C20H22N8O2. The first-order valence-electron chi connectivity index (χ1n) is 9.90. The SMILES string of the molecule is O=C(COCCc1cn[nH]n1)N1Cc2cnc(NC3Cc4ccccc4N3)nc2C1. The highest BCUT2D eigenvalue weighted by Gasteiger charge is 2.26. The average Bonchev–Trinajstić information content (AvgIpc) is 3.49. The standard InChI is InChI=1S/C20H22N8O2/c29-19(12-30-6-5-15-9-22-27-26-15)28-10-14-8-21-20(24-17(14)11-28)25-18-7-13-3-1-2-4-16(13)23-18/h1-4,8-9,18,23H,5-7,10-12H2,(H,21,24,25)(H,22,26,27). The summed E-state index contributed by atoms with van der Waals surface area (Å²) in [6.07, 6.45) is 4.98. The van der Waals surface area contributed by atoms with Crippen LogP contribution < -0.4 is 10.6 Å². The quantitative estimate of drug-likeness (QED) is 0.499. The Morgan fingerprint density at radius 1 is 1.23 bits per heavy atom. The molecule has 0 fully saturated rings. The topological polar surface area (TPSA) is 121 Å². The van der Waals surface area contributed by atoms with Crippen molar-refractivity contribution in [3.05, 3.63) is 59.2 Å². The van der Waals surface area contributed by atoms with Gasteiger partial charge in [0.1, 0.15) is 12.8 Å². The van der Waals surface area contributed by atoms with E-state index in [1.807, 2.05) is 12.1 Å². The van der Waals surface area contributed by atoms with E-state index in [1.165, 1.54) is 5.56 Å². The van der Waals surface area contributed by atoms with E-state index in [2.05, 4.69) is 48.1 Å². The minimum absolute atomic E-state index is 0.0363. The third-order valence-electron chi connectivity index (χ3n) is 5.28. The van der Waals surface area contributed by atoms with Crippen LogP contribution in [0.3, 0.4) is 0 Å². The zero-order chi connectivity index (χ0) is 20.3. The summed E-state index contributed by atoms with van der Waals surface area (Å²) in [7, 11) is 0. The Hall–Kier alpha value is -3.53. The molecule has 4 heterocycles. The van der Waals surface area contributed by atoms with Crippen molar-refractivity contribution in [1.82, 2.24) is 30.3 Å². The van der Waals surface area contributed by atoms with E-state index in [1.54, 1.807) is 17.3 Å². The van der Waals surface area contributed by atoms with Gasteiger partial charge in [-0.1, -0.05) is 18.2 Å². The van der Waals surface area contributed by atoms with E-state index >= 15 is 0 Å². The van der Waals surface area contributed by atoms with Crippen molar-refractivity contribution in [3.8, 4) is 0 Å². The number of amides is 1. The molecule has 2 aliphatic heterocycles. The van der Waals surface area contributed by atoms with Crippen molar-refractivity contribution in [1.29, 1.82) is 0 Å². The number of fused-ring (bicyclic) bond motifs is 2. The molecule has 3 N–H and O–H groups in total. The number of rotatable bonds is 7. The fourth-order valence-electron chi connectivity index (χ4n) is 3.71. The van der Waals surface area contributed by atoms with E-state index in [9.17, 15) is 4.79 Å². The molecule has 30 heavy (non-hydrogen) atoms. The third-order valence-corrected chi connectivity index (χ3v) is 5.28. The third kappa shape index (κ3) is 3.94. The molecule has 0 radical (unpaired) electrons. The monoisotopic (exact) mass is 406 g/mol. The number of anilines is 2. The molecule has 1 atom stereocenters. The van der Waals surface area contributed by atoms with Crippen LogP contribution >= 0.6 is 0 Å². The number of hydrogen-bond donors (Lipinski definition) is 3. The molecular weight excluding hydrogens is 384 g/mol. The number of carbonyl (C=O) groups excluding carboxylic acids is 1. The first-order chi connectivity index (χ1) is 14.7. The van der Waals surface area contributed by atoms with Crippen molar-refractivity contribution in [3.63, 3.8) is 0 Å². The van der Waals surface area contributed by atoms with Crippen LogP contribution in [0.1, 0.15) is 22.5 Å². The van der Waals surface area contributed by atoms with Crippen LogP contribution in [-0.2, 0) is 35.5 Å². The first-order valence-corrected chi connectivity index (χ1v) is 9.90. The van der Waals surface area contributed by atoms with Crippen LogP contribution in [0.2, 0.25) is 0 Å². The smallest absolute Gasteiger partial charge is 0.249 e. The van der Waals surface area contributed by atoms with Crippen molar-refractivity contribution < 1.29 is 9.53 Å². The molecule has 0 bridgehead atoms. The molecule has 0 aliphatic carbocycles. The fraction of sp³-hybridized carbons (Fsp3) is 0.350. The number of aromatic amines is 1. The lowest BCUT2D eigenvalue weighted by molar-refractivity contribution is -0.136. The van der Waals surface area contributed by atoms with Gasteiger partial charge in [-0.3, -0.25) is 4.79 Å². The molecule has 5 rings (SSSR count). The second kappa shape index (κ2) is 8.07. The Morgan fingerprint density at radius 3 is 3.03 bits per heavy atom. The van der Waals surface area contributed by atoms with Crippen molar-refractivity contribution in [2.45, 2.75) is 32.1 Å². The molecule has 2 aromatic heterocycles. The second-order valence-electron chi connectivity index (χ2n) is 7.38. The van der Waals surface area contributed by atoms with E-state index in [0.717, 1.165) is 29.1 Å². The van der Waals surface area contributed by atoms with Gasteiger partial charge in [0.05, 0.1) is 30.7 Å². The van der Waals surface area contributed by atoms with Gasteiger partial charge in [-0.2, -0.15) is 15.4 Å². The van der Waals surface area contributed by atoms with Crippen LogP contribution in [-0.4, -0.2) is 55.6 Å². The summed E-state index contributed by atoms with van der Waals surface area (Å²) in [5.74, 6) is 0.507. The number of H-pyrrole nitrogens is 1. The average molecular weight is 406 g/mol. The highest BCUT2D eigenvalue weighted by atomic mass is 16.5. The lowest BCUT2D eigenvalue weighted by Crippen LogP contribution is -2.29. The zero-order valence-corrected chi connectivity index (χ0v) is 16.3. The summed E-state index contributed by atoms with van der Waals surface area (Å²) in [4.78, 5) is 23.3. The van der Waals surface area contributed by atoms with Gasteiger partial charge < -0.3 is 20.3 Å². The summed E-state index contributed by atoms with van der Waals surface area (Å²) in [5, 5.41) is 17.0. The maximum atomic E-state index is 12.5. The van der Waals surface area contributed by atoms with Gasteiger partial charge in [0.2, 0.25) is 11.9 Å². The van der Waals surface area contributed by atoms with Crippen molar-refractivity contribution in [2.24, 2.45) is 0 Å². The molecule has 10 heteroatoms. The van der Waals surface area contributed by atoms with Gasteiger partial charge in [0.25, 0.3) is 0 Å². The molecule has 1 aromatic carbocycles. The van der Waals surface area contributed by atoms with Crippen LogP contribution in [0.5, 0.6) is 0 Å². The van der Waals surface area contributed by atoms with Gasteiger partial charge in [-0.05, 0) is 11.6 Å². The summed E-state index contributed by atoms with van der Waals surface area (Å²) < 4.78 is 5.49. The van der Waals surface area contributed by atoms with Crippen LogP contribution in [0.4, 0.5) is 11.6 Å². The molecule has 0 saturated heterocycles. The van der Waals surface area contributed by atoms with Crippen LogP contribution in [0.25, 0.3) is 0 Å². The van der Waals surface area contributed by atoms with E-state index < -0.39 is 0 Å². The summed E-state index contributed by atoms with van der Waals surface area (Å²) in [6, 6.07) is 8.24. The van der Waals surface area contributed by atoms with E-state index in [0.29, 0.717) is 32.1 Å². The zero-order valence-electron chi connectivity index (χ0n) is 16.3. The maximum Gasteiger partial charge on any atom is 0.249 e. The Labute approximate surface area is 173 Å². The number of para-hydroxylation sites is 1. The van der Waals surface area contributed by atoms with Gasteiger partial charge >= 0.3 is 0 Å². The number of nitrogens with zero attached hydrogens (tertiary/aromatic N) is 5. The van der Waals surface area contributed by atoms with E-state index in [-0.39, 0.29) is 18.7 Å². The molecule has 154 valence electrons. The minimum atomic E-state index is -0.0597. The highest BCUT2D eigenvalue weighted by molar-refractivity contribution is 5.78. The van der Waals surface area contributed by atoms with Gasteiger partial charge in [-0.25, -0.2) is 9.97 Å². The number of nitrogens with one attached hydrogen (secondary N) is 3. The number of carbonyl (C=O) groups is 1. The largest absolute Gasteiger partial charge is 0.371 e. The van der Waals surface area contributed by atoms with Crippen molar-refractivity contribution in [2.75, 3.05) is 23.8 Å². The van der Waals surface area contributed by atoms with Gasteiger partial charge in [0.15, 0.2) is 0 Å². The summed E-state index contributed by atoms with van der Waals surface area (Å²) in [6.45, 7) is 1.43. The number of ether oxygens (including phenoxy) is 1. The molecule has 3 aromatic rings. The number of benzene rings is 1. The van der Waals surface area contributed by atoms with Gasteiger partial charge in [0, 0.05) is 36.8 Å². The van der Waals surface area contributed by atoms with Gasteiger partial charge in [-0.15, -0.1) is 0 Å². The minimum Gasteiger partial charge on any atom is -0.371 e. The molecule has 0 spiro atoms. The first kappa shape index (κ1) is 18.5. The summed E-state index contributed by atoms with van der Waals surface area (Å²) >= 11 is 0. The molecule has 1 amide bonds. The predicted molar refractivity (Wildman–Crippen MR) is 108 cm³/mol.